The van der Waals surface area contributed by atoms with E-state index in [9.17, 15) is 9.59 Å². The van der Waals surface area contributed by atoms with Gasteiger partial charge in [0.05, 0.1) is 11.5 Å². The highest BCUT2D eigenvalue weighted by atomic mass is 32.2. The van der Waals surface area contributed by atoms with Gasteiger partial charge >= 0.3 is 0 Å². The number of aliphatic imine (C=N–C) groups is 1. The summed E-state index contributed by atoms with van der Waals surface area (Å²) in [6.45, 7) is 8.01. The zero-order valence-electron chi connectivity index (χ0n) is 17.5. The largest absolute Gasteiger partial charge is 0.490 e. The Balaban J connectivity index is 1.91. The quantitative estimate of drug-likeness (QED) is 0.487. The average Bonchev–Trinajstić information content (AvgIpc) is 3.06. The standard InChI is InChI=1S/C24H24N2O4S/c1-4-9-19-12-18(14-21-23(28)26-24(31-21)25-16(3)27)13-20(29-5-2)22(19)30-15-17-10-7-6-8-11-17/h4,6-8,10-14H,1,5,9,15H2,2-3H3,(H,25,26,27,28)/b21-14+. The second-order valence-electron chi connectivity index (χ2n) is 6.72. The second-order valence-corrected chi connectivity index (χ2v) is 7.75. The monoisotopic (exact) mass is 436 g/mol. The number of rotatable bonds is 8. The summed E-state index contributed by atoms with van der Waals surface area (Å²) in [7, 11) is 0. The molecule has 0 aliphatic carbocycles. The average molecular weight is 437 g/mol. The molecule has 0 bridgehead atoms. The SMILES string of the molecule is C=CCc1cc(/C=C2/SC(NC(C)=O)=NC2=O)cc(OCC)c1OCc1ccccc1. The predicted molar refractivity (Wildman–Crippen MR) is 124 cm³/mol. The van der Waals surface area contributed by atoms with Crippen molar-refractivity contribution in [3.63, 3.8) is 0 Å². The molecule has 0 saturated carbocycles. The van der Waals surface area contributed by atoms with Crippen LogP contribution in [0.25, 0.3) is 6.08 Å². The minimum atomic E-state index is -0.388. The van der Waals surface area contributed by atoms with E-state index in [2.05, 4.69) is 16.9 Å². The molecule has 2 amide bonds. The lowest BCUT2D eigenvalue weighted by Gasteiger charge is -2.17. The fourth-order valence-electron chi connectivity index (χ4n) is 2.99. The van der Waals surface area contributed by atoms with Crippen LogP contribution in [0.15, 0.2) is 65.0 Å². The van der Waals surface area contributed by atoms with Gasteiger partial charge in [0.1, 0.15) is 6.61 Å². The number of benzene rings is 2. The van der Waals surface area contributed by atoms with E-state index >= 15 is 0 Å². The van der Waals surface area contributed by atoms with Gasteiger partial charge in [-0.2, -0.15) is 4.99 Å². The van der Waals surface area contributed by atoms with Crippen LogP contribution in [0.4, 0.5) is 0 Å². The van der Waals surface area contributed by atoms with E-state index in [1.807, 2.05) is 49.4 Å². The molecule has 31 heavy (non-hydrogen) atoms. The number of carbonyl (C=O) groups is 2. The van der Waals surface area contributed by atoms with Gasteiger partial charge in [0.2, 0.25) is 5.91 Å². The van der Waals surface area contributed by atoms with Gasteiger partial charge in [0.15, 0.2) is 16.7 Å². The number of amidine groups is 1. The number of nitrogens with zero attached hydrogens (tertiary/aromatic N) is 1. The maximum absolute atomic E-state index is 12.2. The van der Waals surface area contributed by atoms with Crippen LogP contribution in [-0.2, 0) is 22.6 Å². The summed E-state index contributed by atoms with van der Waals surface area (Å²) < 4.78 is 12.0. The van der Waals surface area contributed by atoms with Crippen molar-refractivity contribution in [1.82, 2.24) is 5.32 Å². The van der Waals surface area contributed by atoms with E-state index in [0.717, 1.165) is 28.5 Å². The van der Waals surface area contributed by atoms with E-state index in [1.54, 1.807) is 12.2 Å². The summed E-state index contributed by atoms with van der Waals surface area (Å²) in [4.78, 5) is 27.7. The maximum Gasteiger partial charge on any atom is 0.286 e. The van der Waals surface area contributed by atoms with E-state index in [0.29, 0.717) is 36.0 Å². The summed E-state index contributed by atoms with van der Waals surface area (Å²) in [6.07, 6.45) is 4.11. The van der Waals surface area contributed by atoms with Crippen LogP contribution in [0.5, 0.6) is 11.5 Å². The van der Waals surface area contributed by atoms with E-state index in [4.69, 9.17) is 9.47 Å². The van der Waals surface area contributed by atoms with Crippen LogP contribution in [0.3, 0.4) is 0 Å². The topological polar surface area (TPSA) is 77.0 Å². The summed E-state index contributed by atoms with van der Waals surface area (Å²) in [5, 5.41) is 2.83. The predicted octanol–water partition coefficient (Wildman–Crippen LogP) is 4.50. The van der Waals surface area contributed by atoms with E-state index in [-0.39, 0.29) is 17.0 Å². The van der Waals surface area contributed by atoms with Gasteiger partial charge in [0.25, 0.3) is 5.91 Å². The first-order chi connectivity index (χ1) is 15.0. The van der Waals surface area contributed by atoms with Crippen LogP contribution in [-0.4, -0.2) is 23.6 Å². The highest BCUT2D eigenvalue weighted by Gasteiger charge is 2.23. The number of amides is 2. The van der Waals surface area contributed by atoms with Gasteiger partial charge in [0, 0.05) is 12.5 Å². The molecule has 0 spiro atoms. The molecular weight excluding hydrogens is 412 g/mol. The molecule has 2 aromatic rings. The molecule has 2 aromatic carbocycles. The molecular formula is C24H24N2O4S. The molecule has 3 rings (SSSR count). The van der Waals surface area contributed by atoms with Crippen molar-refractivity contribution >= 4 is 34.8 Å². The minimum absolute atomic E-state index is 0.271. The van der Waals surface area contributed by atoms with Gasteiger partial charge in [-0.1, -0.05) is 36.4 Å². The third kappa shape index (κ3) is 6.08. The van der Waals surface area contributed by atoms with Crippen molar-refractivity contribution in [2.75, 3.05) is 6.61 Å². The highest BCUT2D eigenvalue weighted by molar-refractivity contribution is 8.18. The molecule has 6 nitrogen and oxygen atoms in total. The Morgan fingerprint density at radius 3 is 2.68 bits per heavy atom. The Hall–Kier alpha value is -3.32. The Morgan fingerprint density at radius 1 is 1.23 bits per heavy atom. The molecule has 1 heterocycles. The van der Waals surface area contributed by atoms with E-state index in [1.165, 1.54) is 6.92 Å². The van der Waals surface area contributed by atoms with Crippen LogP contribution in [0.1, 0.15) is 30.5 Å². The summed E-state index contributed by atoms with van der Waals surface area (Å²) in [6, 6.07) is 13.7. The molecule has 0 unspecified atom stereocenters. The summed E-state index contributed by atoms with van der Waals surface area (Å²) >= 11 is 1.13. The van der Waals surface area contributed by atoms with Crippen LogP contribution >= 0.6 is 11.8 Å². The molecule has 0 radical (unpaired) electrons. The zero-order valence-corrected chi connectivity index (χ0v) is 18.3. The number of thioether (sulfide) groups is 1. The second kappa shape index (κ2) is 10.6. The van der Waals surface area contributed by atoms with Crippen LogP contribution in [0.2, 0.25) is 0 Å². The Morgan fingerprint density at radius 2 is 2.00 bits per heavy atom. The first-order valence-corrected chi connectivity index (χ1v) is 10.7. The molecule has 7 heteroatoms. The molecule has 0 atom stereocenters. The van der Waals surface area contributed by atoms with Crippen molar-refractivity contribution < 1.29 is 19.1 Å². The van der Waals surface area contributed by atoms with Crippen molar-refractivity contribution in [2.45, 2.75) is 26.9 Å². The van der Waals surface area contributed by atoms with Crippen molar-refractivity contribution in [1.29, 1.82) is 0 Å². The van der Waals surface area contributed by atoms with E-state index < -0.39 is 0 Å². The fraction of sp³-hybridized carbons (Fsp3) is 0.208. The summed E-state index contributed by atoms with van der Waals surface area (Å²) in [5.41, 5.74) is 2.74. The van der Waals surface area contributed by atoms with Crippen molar-refractivity contribution in [2.24, 2.45) is 4.99 Å². The lowest BCUT2D eigenvalue weighted by atomic mass is 10.0. The number of nitrogens with one attached hydrogen (secondary N) is 1. The number of allylic oxidation sites excluding steroid dienone is 1. The Kier molecular flexibility index (Phi) is 7.67. The summed E-state index contributed by atoms with van der Waals surface area (Å²) in [5.74, 6) is 0.602. The smallest absolute Gasteiger partial charge is 0.286 e. The van der Waals surface area contributed by atoms with Gasteiger partial charge in [-0.05, 0) is 54.4 Å². The number of hydrogen-bond donors (Lipinski definition) is 1. The highest BCUT2D eigenvalue weighted by Crippen LogP contribution is 2.36. The minimum Gasteiger partial charge on any atom is -0.490 e. The molecule has 0 saturated heterocycles. The molecule has 1 N–H and O–H groups in total. The fourth-order valence-corrected chi connectivity index (χ4v) is 3.85. The lowest BCUT2D eigenvalue weighted by Crippen LogP contribution is -2.23. The van der Waals surface area contributed by atoms with Crippen molar-refractivity contribution in [3.8, 4) is 11.5 Å². The number of hydrogen-bond acceptors (Lipinski definition) is 5. The van der Waals surface area contributed by atoms with Gasteiger partial charge in [-0.3, -0.25) is 9.59 Å². The van der Waals surface area contributed by atoms with Gasteiger partial charge < -0.3 is 14.8 Å². The number of carbonyl (C=O) groups excluding carboxylic acids is 2. The molecule has 1 aliphatic rings. The molecule has 1 aliphatic heterocycles. The molecule has 0 aromatic heterocycles. The number of ether oxygens (including phenoxy) is 2. The Bertz CT molecular complexity index is 1050. The zero-order chi connectivity index (χ0) is 22.2. The lowest BCUT2D eigenvalue weighted by molar-refractivity contribution is -0.117. The third-order valence-electron chi connectivity index (χ3n) is 4.25. The van der Waals surface area contributed by atoms with Crippen LogP contribution in [0, 0.1) is 0 Å². The van der Waals surface area contributed by atoms with Crippen LogP contribution < -0.4 is 14.8 Å². The first-order valence-electron chi connectivity index (χ1n) is 9.87. The third-order valence-corrected chi connectivity index (χ3v) is 5.14. The van der Waals surface area contributed by atoms with Gasteiger partial charge in [-0.25, -0.2) is 0 Å². The maximum atomic E-state index is 12.2. The normalized spacial score (nSPS) is 14.3. The molecule has 0 fully saturated rings. The Labute approximate surface area is 186 Å². The first kappa shape index (κ1) is 22.4. The van der Waals surface area contributed by atoms with Gasteiger partial charge in [-0.15, -0.1) is 6.58 Å². The molecule has 160 valence electrons. The van der Waals surface area contributed by atoms with Crippen molar-refractivity contribution in [3.05, 3.63) is 76.7 Å².